The maximum absolute atomic E-state index is 6.45. The van der Waals surface area contributed by atoms with Crippen LogP contribution in [0.5, 0.6) is 5.88 Å². The Morgan fingerprint density at radius 1 is 1.09 bits per heavy atom. The van der Waals surface area contributed by atoms with E-state index in [1.807, 2.05) is 49.3 Å². The third-order valence-electron chi connectivity index (χ3n) is 3.64. The summed E-state index contributed by atoms with van der Waals surface area (Å²) in [5.74, 6) is 1.19. The largest absolute Gasteiger partial charge is 0.481 e. The van der Waals surface area contributed by atoms with E-state index in [9.17, 15) is 0 Å². The number of hydrogen-bond acceptors (Lipinski definition) is 6. The zero-order valence-corrected chi connectivity index (χ0v) is 13.4. The van der Waals surface area contributed by atoms with Crippen molar-refractivity contribution < 1.29 is 4.74 Å². The Morgan fingerprint density at radius 2 is 1.87 bits per heavy atom. The van der Waals surface area contributed by atoms with Crippen LogP contribution in [0, 0.1) is 0 Å². The zero-order valence-electron chi connectivity index (χ0n) is 13.4. The summed E-state index contributed by atoms with van der Waals surface area (Å²) in [4.78, 5) is 15.3. The van der Waals surface area contributed by atoms with Gasteiger partial charge < -0.3 is 15.4 Å². The molecule has 0 fully saturated rings. The van der Waals surface area contributed by atoms with Gasteiger partial charge in [0.1, 0.15) is 0 Å². The molecule has 2 aromatic heterocycles. The van der Waals surface area contributed by atoms with Crippen LogP contribution in [0.15, 0.2) is 42.6 Å². The Balaban J connectivity index is 2.12. The minimum absolute atomic E-state index is 0.389. The van der Waals surface area contributed by atoms with Gasteiger partial charge in [-0.3, -0.25) is 0 Å². The molecule has 0 saturated heterocycles. The lowest BCUT2D eigenvalue weighted by atomic mass is 10.0. The topological polar surface area (TPSA) is 77.2 Å². The number of para-hydroxylation sites is 1. The fourth-order valence-electron chi connectivity index (χ4n) is 2.38. The zero-order chi connectivity index (χ0) is 16.4. The molecule has 0 aliphatic heterocycles. The van der Waals surface area contributed by atoms with Crippen LogP contribution in [-0.2, 0) is 0 Å². The predicted molar refractivity (Wildman–Crippen MR) is 90.7 cm³/mol. The van der Waals surface area contributed by atoms with Crippen molar-refractivity contribution in [3.05, 3.63) is 53.9 Å². The number of methoxy groups -OCH3 is 1. The molecule has 0 radical (unpaired) electrons. The first kappa shape index (κ1) is 15.2. The van der Waals surface area contributed by atoms with Crippen molar-refractivity contribution in [3.8, 4) is 5.88 Å². The average Bonchev–Trinajstić information content (AvgIpc) is 2.60. The van der Waals surface area contributed by atoms with Gasteiger partial charge in [-0.15, -0.1) is 0 Å². The molecule has 1 aromatic carbocycles. The fraction of sp³-hybridized carbons (Fsp3) is 0.235. The fourth-order valence-corrected chi connectivity index (χ4v) is 2.38. The maximum Gasteiger partial charge on any atom is 0.225 e. The maximum atomic E-state index is 6.45. The molecule has 2 N–H and O–H groups in total. The number of ether oxygens (including phenoxy) is 1. The predicted octanol–water partition coefficient (Wildman–Crippen LogP) is 2.15. The normalized spacial score (nSPS) is 12.2. The first-order chi connectivity index (χ1) is 11.1. The summed E-state index contributed by atoms with van der Waals surface area (Å²) >= 11 is 0. The highest BCUT2D eigenvalue weighted by atomic mass is 16.5. The van der Waals surface area contributed by atoms with Crippen LogP contribution < -0.4 is 15.4 Å². The summed E-state index contributed by atoms with van der Waals surface area (Å²) in [7, 11) is 5.41. The quantitative estimate of drug-likeness (QED) is 0.795. The van der Waals surface area contributed by atoms with Crippen molar-refractivity contribution in [2.24, 2.45) is 5.73 Å². The summed E-state index contributed by atoms with van der Waals surface area (Å²) in [6, 6.07) is 11.2. The van der Waals surface area contributed by atoms with Crippen molar-refractivity contribution in [1.29, 1.82) is 0 Å². The van der Waals surface area contributed by atoms with Crippen LogP contribution in [0.2, 0.25) is 0 Å². The van der Waals surface area contributed by atoms with E-state index in [-0.39, 0.29) is 6.04 Å². The van der Waals surface area contributed by atoms with Gasteiger partial charge >= 0.3 is 0 Å². The molecule has 1 unspecified atom stereocenters. The molecule has 0 aliphatic rings. The van der Waals surface area contributed by atoms with E-state index in [0.29, 0.717) is 11.8 Å². The van der Waals surface area contributed by atoms with E-state index < -0.39 is 0 Å². The number of fused-ring (bicyclic) bond motifs is 1. The number of anilines is 1. The number of aromatic nitrogens is 3. The SMILES string of the molecule is COc1ccc(C(N)c2nc(N(C)C)nc3ccccc23)cn1. The van der Waals surface area contributed by atoms with Gasteiger partial charge in [-0.05, 0) is 11.6 Å². The highest BCUT2D eigenvalue weighted by molar-refractivity contribution is 5.82. The second-order valence-corrected chi connectivity index (χ2v) is 5.43. The lowest BCUT2D eigenvalue weighted by Gasteiger charge is -2.18. The van der Waals surface area contributed by atoms with Crippen molar-refractivity contribution in [1.82, 2.24) is 15.0 Å². The molecule has 0 aliphatic carbocycles. The van der Waals surface area contributed by atoms with Gasteiger partial charge in [-0.1, -0.05) is 24.3 Å². The van der Waals surface area contributed by atoms with Gasteiger partial charge in [0.25, 0.3) is 0 Å². The van der Waals surface area contributed by atoms with E-state index in [1.54, 1.807) is 19.4 Å². The molecule has 118 valence electrons. The Bertz CT molecular complexity index is 817. The van der Waals surface area contributed by atoms with E-state index in [0.717, 1.165) is 22.2 Å². The molecule has 0 amide bonds. The number of hydrogen-bond donors (Lipinski definition) is 1. The van der Waals surface area contributed by atoms with Crippen molar-refractivity contribution in [2.45, 2.75) is 6.04 Å². The van der Waals surface area contributed by atoms with E-state index in [1.165, 1.54) is 0 Å². The van der Waals surface area contributed by atoms with Gasteiger partial charge in [0.05, 0.1) is 24.4 Å². The third kappa shape index (κ3) is 2.93. The summed E-state index contributed by atoms with van der Waals surface area (Å²) in [6.45, 7) is 0. The summed E-state index contributed by atoms with van der Waals surface area (Å²) in [5.41, 5.74) is 8.98. The Morgan fingerprint density at radius 3 is 2.52 bits per heavy atom. The molecule has 0 spiro atoms. The summed E-state index contributed by atoms with van der Waals surface area (Å²) in [5, 5.41) is 0.946. The van der Waals surface area contributed by atoms with Gasteiger partial charge in [0.2, 0.25) is 11.8 Å². The van der Waals surface area contributed by atoms with E-state index in [2.05, 4.69) is 15.0 Å². The van der Waals surface area contributed by atoms with Crippen LogP contribution >= 0.6 is 0 Å². The summed E-state index contributed by atoms with van der Waals surface area (Å²) in [6.07, 6.45) is 1.72. The highest BCUT2D eigenvalue weighted by Crippen LogP contribution is 2.27. The number of nitrogens with zero attached hydrogens (tertiary/aromatic N) is 4. The monoisotopic (exact) mass is 309 g/mol. The van der Waals surface area contributed by atoms with Crippen LogP contribution in [0.3, 0.4) is 0 Å². The first-order valence-corrected chi connectivity index (χ1v) is 7.29. The molecular formula is C17H19N5O. The second kappa shape index (κ2) is 6.18. The van der Waals surface area contributed by atoms with Crippen LogP contribution in [0.1, 0.15) is 17.3 Å². The molecule has 6 heteroatoms. The lowest BCUT2D eigenvalue weighted by molar-refractivity contribution is 0.397. The minimum atomic E-state index is -0.389. The van der Waals surface area contributed by atoms with Crippen LogP contribution in [0.4, 0.5) is 5.95 Å². The highest BCUT2D eigenvalue weighted by Gasteiger charge is 2.17. The van der Waals surface area contributed by atoms with Crippen LogP contribution in [-0.4, -0.2) is 36.2 Å². The van der Waals surface area contributed by atoms with Crippen molar-refractivity contribution in [3.63, 3.8) is 0 Å². The van der Waals surface area contributed by atoms with Gasteiger partial charge in [0, 0.05) is 31.7 Å². The van der Waals surface area contributed by atoms with E-state index in [4.69, 9.17) is 10.5 Å². The van der Waals surface area contributed by atoms with Crippen molar-refractivity contribution >= 4 is 16.9 Å². The minimum Gasteiger partial charge on any atom is -0.481 e. The van der Waals surface area contributed by atoms with Crippen molar-refractivity contribution in [2.75, 3.05) is 26.1 Å². The molecule has 6 nitrogen and oxygen atoms in total. The van der Waals surface area contributed by atoms with Gasteiger partial charge in [-0.2, -0.15) is 0 Å². The Labute approximate surface area is 135 Å². The average molecular weight is 309 g/mol. The first-order valence-electron chi connectivity index (χ1n) is 7.29. The molecule has 2 heterocycles. The Kier molecular flexibility index (Phi) is 4.08. The molecule has 1 atom stereocenters. The molecule has 3 aromatic rings. The molecular weight excluding hydrogens is 290 g/mol. The van der Waals surface area contributed by atoms with E-state index >= 15 is 0 Å². The number of nitrogens with two attached hydrogens (primary N) is 1. The summed E-state index contributed by atoms with van der Waals surface area (Å²) < 4.78 is 5.09. The lowest BCUT2D eigenvalue weighted by Crippen LogP contribution is -2.19. The second-order valence-electron chi connectivity index (χ2n) is 5.43. The Hall–Kier alpha value is -2.73. The van der Waals surface area contributed by atoms with Gasteiger partial charge in [-0.25, -0.2) is 15.0 Å². The molecule has 0 saturated carbocycles. The smallest absolute Gasteiger partial charge is 0.225 e. The van der Waals surface area contributed by atoms with Crippen LogP contribution in [0.25, 0.3) is 10.9 Å². The third-order valence-corrected chi connectivity index (χ3v) is 3.64. The standard InChI is InChI=1S/C17H19N5O/c1-22(2)17-20-13-7-5-4-6-12(13)16(21-17)15(18)11-8-9-14(23-3)19-10-11/h4-10,15H,18H2,1-3H3. The number of pyridine rings is 1. The number of rotatable bonds is 4. The molecule has 0 bridgehead atoms. The molecule has 23 heavy (non-hydrogen) atoms. The number of benzene rings is 1. The molecule has 3 rings (SSSR count). The van der Waals surface area contributed by atoms with Gasteiger partial charge in [0.15, 0.2) is 0 Å².